The fourth-order valence-corrected chi connectivity index (χ4v) is 2.50. The van der Waals surface area contributed by atoms with Gasteiger partial charge in [-0.05, 0) is 6.92 Å². The molecule has 1 unspecified atom stereocenters. The van der Waals surface area contributed by atoms with E-state index in [-0.39, 0.29) is 0 Å². The molecule has 1 rings (SSSR count). The lowest BCUT2D eigenvalue weighted by Crippen LogP contribution is -2.00. The fraction of sp³-hybridized carbons (Fsp3) is 0.600. The van der Waals surface area contributed by atoms with Crippen molar-refractivity contribution in [2.24, 2.45) is 0 Å². The predicted octanol–water partition coefficient (Wildman–Crippen LogP) is 2.21. The molecule has 0 saturated carbocycles. The van der Waals surface area contributed by atoms with Gasteiger partial charge in [-0.2, -0.15) is 0 Å². The van der Waals surface area contributed by atoms with Gasteiger partial charge in [0.05, 0.1) is 4.20 Å². The third-order valence-corrected chi connectivity index (χ3v) is 3.21. The molecule has 1 aliphatic heterocycles. The van der Waals surface area contributed by atoms with Crippen molar-refractivity contribution >= 4 is 45.3 Å². The van der Waals surface area contributed by atoms with E-state index in [0.29, 0.717) is 5.25 Å². The van der Waals surface area contributed by atoms with E-state index in [9.17, 15) is 0 Å². The lowest BCUT2D eigenvalue weighted by atomic mass is 10.3. The third-order valence-electron chi connectivity index (χ3n) is 1.08. The molecule has 0 aliphatic carbocycles. The smallest absolute Gasteiger partial charge is 0.0534 e. The molecule has 8 heavy (non-hydrogen) atoms. The van der Waals surface area contributed by atoms with Crippen LogP contribution in [-0.2, 0) is 0 Å². The largest absolute Gasteiger partial charge is 0.110 e. The summed E-state index contributed by atoms with van der Waals surface area (Å²) in [5.74, 6) is 0. The second-order valence-corrected chi connectivity index (χ2v) is 4.49. The zero-order valence-electron chi connectivity index (χ0n) is 4.51. The lowest BCUT2D eigenvalue weighted by Gasteiger charge is -1.93. The van der Waals surface area contributed by atoms with Gasteiger partial charge in [-0.25, -0.2) is 0 Å². The standard InChI is InChI=1S/C5H6S3/c1-3-4(6)2-5(7)8-3/h3H,2H2,1H3. The van der Waals surface area contributed by atoms with E-state index in [1.807, 2.05) is 0 Å². The summed E-state index contributed by atoms with van der Waals surface area (Å²) in [5, 5.41) is 0.498. The molecule has 0 N–H and O–H groups in total. The Morgan fingerprint density at radius 2 is 2.25 bits per heavy atom. The first-order valence-corrected chi connectivity index (χ1v) is 4.12. The second kappa shape index (κ2) is 2.42. The Morgan fingerprint density at radius 1 is 1.62 bits per heavy atom. The Labute approximate surface area is 64.0 Å². The normalized spacial score (nSPS) is 29.4. The first-order chi connectivity index (χ1) is 3.70. The molecule has 0 nitrogen and oxygen atoms in total. The van der Waals surface area contributed by atoms with Crippen LogP contribution in [0.5, 0.6) is 0 Å². The highest BCUT2D eigenvalue weighted by atomic mass is 32.2. The van der Waals surface area contributed by atoms with Gasteiger partial charge in [0.25, 0.3) is 0 Å². The van der Waals surface area contributed by atoms with Crippen molar-refractivity contribution in [2.45, 2.75) is 18.6 Å². The van der Waals surface area contributed by atoms with Crippen molar-refractivity contribution in [3.63, 3.8) is 0 Å². The summed E-state index contributed by atoms with van der Waals surface area (Å²) in [6, 6.07) is 0. The zero-order valence-corrected chi connectivity index (χ0v) is 6.96. The number of thioether (sulfide) groups is 1. The maximum atomic E-state index is 5.01. The van der Waals surface area contributed by atoms with E-state index < -0.39 is 0 Å². The molecule has 1 heterocycles. The molecule has 0 spiro atoms. The second-order valence-electron chi connectivity index (χ2n) is 1.78. The van der Waals surface area contributed by atoms with Crippen molar-refractivity contribution < 1.29 is 0 Å². The zero-order chi connectivity index (χ0) is 6.15. The Morgan fingerprint density at radius 3 is 2.38 bits per heavy atom. The SMILES string of the molecule is CC1SC(=S)CC1=S. The van der Waals surface area contributed by atoms with Crippen LogP contribution in [0.15, 0.2) is 0 Å². The molecular formula is C5H6S3. The maximum Gasteiger partial charge on any atom is 0.0534 e. The average Bonchev–Trinajstić information content (AvgIpc) is 1.85. The molecule has 0 aromatic carbocycles. The van der Waals surface area contributed by atoms with Crippen LogP contribution in [0, 0.1) is 0 Å². The van der Waals surface area contributed by atoms with Gasteiger partial charge in [0.15, 0.2) is 0 Å². The van der Waals surface area contributed by atoms with Gasteiger partial charge in [0.1, 0.15) is 0 Å². The van der Waals surface area contributed by atoms with Crippen molar-refractivity contribution in [3.05, 3.63) is 0 Å². The quantitative estimate of drug-likeness (QED) is 0.501. The molecule has 1 saturated heterocycles. The van der Waals surface area contributed by atoms with Gasteiger partial charge in [-0.1, -0.05) is 24.4 Å². The molecule has 44 valence electrons. The highest BCUT2D eigenvalue weighted by Crippen LogP contribution is 2.26. The maximum absolute atomic E-state index is 5.01. The first-order valence-electron chi connectivity index (χ1n) is 2.42. The predicted molar refractivity (Wildman–Crippen MR) is 46.9 cm³/mol. The van der Waals surface area contributed by atoms with Crippen LogP contribution in [0.2, 0.25) is 0 Å². The summed E-state index contributed by atoms with van der Waals surface area (Å²) in [6.07, 6.45) is 0.885. The summed E-state index contributed by atoms with van der Waals surface area (Å²) in [6.45, 7) is 2.10. The van der Waals surface area contributed by atoms with Crippen molar-refractivity contribution in [1.29, 1.82) is 0 Å². The Bertz CT molecular complexity index is 139. The van der Waals surface area contributed by atoms with Crippen LogP contribution in [0.4, 0.5) is 0 Å². The van der Waals surface area contributed by atoms with E-state index in [2.05, 4.69) is 6.92 Å². The summed E-state index contributed by atoms with van der Waals surface area (Å²) >= 11 is 11.7. The highest BCUT2D eigenvalue weighted by Gasteiger charge is 2.20. The Hall–Kier alpha value is 0.530. The minimum absolute atomic E-state index is 0.498. The van der Waals surface area contributed by atoms with Gasteiger partial charge in [-0.3, -0.25) is 0 Å². The van der Waals surface area contributed by atoms with E-state index in [1.54, 1.807) is 11.8 Å². The average molecular weight is 162 g/mol. The summed E-state index contributed by atoms with van der Waals surface area (Å²) in [4.78, 5) is 1.11. The molecule has 0 aromatic heterocycles. The topological polar surface area (TPSA) is 0 Å². The first kappa shape index (κ1) is 6.65. The van der Waals surface area contributed by atoms with Crippen LogP contribution in [0.25, 0.3) is 0 Å². The molecule has 1 aliphatic rings. The van der Waals surface area contributed by atoms with Gasteiger partial charge < -0.3 is 0 Å². The lowest BCUT2D eigenvalue weighted by molar-refractivity contribution is 1.34. The minimum Gasteiger partial charge on any atom is -0.110 e. The highest BCUT2D eigenvalue weighted by molar-refractivity contribution is 8.25. The van der Waals surface area contributed by atoms with Crippen molar-refractivity contribution in [3.8, 4) is 0 Å². The molecule has 0 aromatic rings. The summed E-state index contributed by atoms with van der Waals surface area (Å²) in [7, 11) is 0. The van der Waals surface area contributed by atoms with Crippen molar-refractivity contribution in [1.82, 2.24) is 0 Å². The number of thiocarbonyl (C=S) groups is 2. The van der Waals surface area contributed by atoms with Crippen molar-refractivity contribution in [2.75, 3.05) is 0 Å². The fourth-order valence-electron chi connectivity index (χ4n) is 0.591. The van der Waals surface area contributed by atoms with Crippen LogP contribution in [0.1, 0.15) is 13.3 Å². The molecule has 0 bridgehead atoms. The number of rotatable bonds is 0. The van der Waals surface area contributed by atoms with E-state index in [4.69, 9.17) is 24.4 Å². The van der Waals surface area contributed by atoms with Crippen LogP contribution in [0.3, 0.4) is 0 Å². The van der Waals surface area contributed by atoms with Gasteiger partial charge in [0, 0.05) is 16.5 Å². The third kappa shape index (κ3) is 1.27. The van der Waals surface area contributed by atoms with Crippen LogP contribution < -0.4 is 0 Å². The minimum atomic E-state index is 0.498. The summed E-state index contributed by atoms with van der Waals surface area (Å²) in [5.41, 5.74) is 0. The Balaban J connectivity index is 2.64. The van der Waals surface area contributed by atoms with Crippen LogP contribution in [-0.4, -0.2) is 14.3 Å². The molecular weight excluding hydrogens is 156 g/mol. The van der Waals surface area contributed by atoms with E-state index >= 15 is 0 Å². The van der Waals surface area contributed by atoms with Gasteiger partial charge >= 0.3 is 0 Å². The monoisotopic (exact) mass is 162 g/mol. The molecule has 1 atom stereocenters. The number of hydrogen-bond acceptors (Lipinski definition) is 3. The molecule has 1 fully saturated rings. The van der Waals surface area contributed by atoms with E-state index in [0.717, 1.165) is 15.5 Å². The number of hydrogen-bond donors (Lipinski definition) is 0. The molecule has 3 heteroatoms. The Kier molecular flexibility index (Phi) is 2.01. The van der Waals surface area contributed by atoms with Gasteiger partial charge in [0.2, 0.25) is 0 Å². The molecule has 0 radical (unpaired) electrons. The summed E-state index contributed by atoms with van der Waals surface area (Å²) < 4.78 is 1.06. The van der Waals surface area contributed by atoms with Crippen LogP contribution >= 0.6 is 36.2 Å². The van der Waals surface area contributed by atoms with Gasteiger partial charge in [-0.15, -0.1) is 11.8 Å². The van der Waals surface area contributed by atoms with E-state index in [1.165, 1.54) is 0 Å². The molecule has 0 amide bonds.